The third-order valence-electron chi connectivity index (χ3n) is 3.29. The molecule has 132 valence electrons. The number of amides is 1. The second-order valence-electron chi connectivity index (χ2n) is 5.30. The summed E-state index contributed by atoms with van der Waals surface area (Å²) in [4.78, 5) is 23.9. The fraction of sp³-hybridized carbons (Fsp3) is 0.222. The van der Waals surface area contributed by atoms with Crippen LogP contribution in [0.15, 0.2) is 42.5 Å². The normalized spacial score (nSPS) is 11.5. The highest BCUT2D eigenvalue weighted by Gasteiger charge is 2.19. The predicted molar refractivity (Wildman–Crippen MR) is 97.3 cm³/mol. The highest BCUT2D eigenvalue weighted by molar-refractivity contribution is 6.33. The maximum Gasteiger partial charge on any atom is 0.344 e. The number of nitrogens with one attached hydrogen (secondary N) is 1. The number of aryl methyl sites for hydroxylation is 1. The van der Waals surface area contributed by atoms with Crippen molar-refractivity contribution in [3.63, 3.8) is 0 Å². The number of hydrogen-bond acceptors (Lipinski definition) is 4. The molecular formula is C18H17Cl2NO4. The molecule has 0 bridgehead atoms. The largest absolute Gasteiger partial charge is 0.482 e. The number of rotatable bonds is 6. The van der Waals surface area contributed by atoms with Crippen LogP contribution in [0, 0.1) is 6.92 Å². The van der Waals surface area contributed by atoms with Gasteiger partial charge in [-0.1, -0.05) is 35.3 Å². The number of carbonyl (C=O) groups is 2. The van der Waals surface area contributed by atoms with E-state index in [0.717, 1.165) is 5.56 Å². The third kappa shape index (κ3) is 5.66. The van der Waals surface area contributed by atoms with E-state index in [4.69, 9.17) is 32.7 Å². The lowest BCUT2D eigenvalue weighted by atomic mass is 10.2. The molecule has 1 atom stereocenters. The van der Waals surface area contributed by atoms with Gasteiger partial charge in [-0.25, -0.2) is 4.79 Å². The average molecular weight is 382 g/mol. The standard InChI is InChI=1S/C18H17Cl2NO4/c1-11-9-13(19)7-8-16(11)24-10-17(22)25-12(2)18(23)21-15-6-4-3-5-14(15)20/h3-9,12H,10H2,1-2H3,(H,21,23). The Balaban J connectivity index is 1.85. The first kappa shape index (κ1) is 19.1. The van der Waals surface area contributed by atoms with Crippen LogP contribution in [0.3, 0.4) is 0 Å². The van der Waals surface area contributed by atoms with Crippen molar-refractivity contribution < 1.29 is 19.1 Å². The molecule has 1 amide bonds. The number of carbonyl (C=O) groups excluding carboxylic acids is 2. The number of benzene rings is 2. The Bertz CT molecular complexity index is 779. The van der Waals surface area contributed by atoms with Crippen molar-refractivity contribution in [1.29, 1.82) is 0 Å². The first-order valence-corrected chi connectivity index (χ1v) is 8.26. The molecule has 0 aliphatic carbocycles. The lowest BCUT2D eigenvalue weighted by Gasteiger charge is -2.15. The van der Waals surface area contributed by atoms with E-state index in [0.29, 0.717) is 21.5 Å². The molecule has 5 nitrogen and oxygen atoms in total. The maximum atomic E-state index is 12.1. The van der Waals surface area contributed by atoms with Crippen molar-refractivity contribution in [3.05, 3.63) is 58.1 Å². The fourth-order valence-corrected chi connectivity index (χ4v) is 2.40. The number of esters is 1. The van der Waals surface area contributed by atoms with Gasteiger partial charge in [-0.2, -0.15) is 0 Å². The summed E-state index contributed by atoms with van der Waals surface area (Å²) in [6, 6.07) is 11.8. The minimum atomic E-state index is -0.987. The first-order valence-electron chi connectivity index (χ1n) is 7.50. The molecule has 2 aromatic carbocycles. The third-order valence-corrected chi connectivity index (χ3v) is 3.86. The summed E-state index contributed by atoms with van der Waals surface area (Å²) >= 11 is 11.8. The van der Waals surface area contributed by atoms with E-state index in [1.165, 1.54) is 6.92 Å². The molecule has 2 rings (SSSR count). The van der Waals surface area contributed by atoms with Crippen molar-refractivity contribution in [3.8, 4) is 5.75 Å². The lowest BCUT2D eigenvalue weighted by molar-refractivity contribution is -0.155. The Kier molecular flexibility index (Phi) is 6.67. The van der Waals surface area contributed by atoms with Crippen LogP contribution in [0.2, 0.25) is 10.0 Å². The monoisotopic (exact) mass is 381 g/mol. The van der Waals surface area contributed by atoms with Gasteiger partial charge in [0, 0.05) is 5.02 Å². The molecule has 0 heterocycles. The van der Waals surface area contributed by atoms with E-state index in [-0.39, 0.29) is 6.61 Å². The van der Waals surface area contributed by atoms with E-state index in [1.54, 1.807) is 42.5 Å². The van der Waals surface area contributed by atoms with Crippen LogP contribution >= 0.6 is 23.2 Å². The van der Waals surface area contributed by atoms with Gasteiger partial charge in [0.25, 0.3) is 5.91 Å². The number of ether oxygens (including phenoxy) is 2. The Morgan fingerprint density at radius 3 is 2.56 bits per heavy atom. The van der Waals surface area contributed by atoms with Crippen molar-refractivity contribution in [2.75, 3.05) is 11.9 Å². The molecule has 0 aliphatic rings. The maximum absolute atomic E-state index is 12.1. The Labute approximate surface area is 155 Å². The molecule has 0 saturated heterocycles. The minimum absolute atomic E-state index is 0.313. The summed E-state index contributed by atoms with van der Waals surface area (Å²) in [7, 11) is 0. The van der Waals surface area contributed by atoms with Crippen LogP contribution in [0.1, 0.15) is 12.5 Å². The van der Waals surface area contributed by atoms with Crippen LogP contribution in [0.4, 0.5) is 5.69 Å². The second-order valence-corrected chi connectivity index (χ2v) is 6.14. The minimum Gasteiger partial charge on any atom is -0.482 e. The molecule has 1 unspecified atom stereocenters. The highest BCUT2D eigenvalue weighted by Crippen LogP contribution is 2.22. The van der Waals surface area contributed by atoms with Crippen LogP contribution in [-0.4, -0.2) is 24.6 Å². The van der Waals surface area contributed by atoms with Gasteiger partial charge in [0.1, 0.15) is 5.75 Å². The van der Waals surface area contributed by atoms with Crippen molar-refractivity contribution >= 4 is 40.8 Å². The molecular weight excluding hydrogens is 365 g/mol. The molecule has 25 heavy (non-hydrogen) atoms. The molecule has 1 N–H and O–H groups in total. The Morgan fingerprint density at radius 1 is 1.16 bits per heavy atom. The Morgan fingerprint density at radius 2 is 1.88 bits per heavy atom. The van der Waals surface area contributed by atoms with Gasteiger partial charge in [-0.3, -0.25) is 4.79 Å². The predicted octanol–water partition coefficient (Wildman–Crippen LogP) is 4.25. The SMILES string of the molecule is Cc1cc(Cl)ccc1OCC(=O)OC(C)C(=O)Nc1ccccc1Cl. The van der Waals surface area contributed by atoms with Crippen molar-refractivity contribution in [1.82, 2.24) is 0 Å². The van der Waals surface area contributed by atoms with E-state index < -0.39 is 18.0 Å². The van der Waals surface area contributed by atoms with E-state index in [9.17, 15) is 9.59 Å². The first-order chi connectivity index (χ1) is 11.9. The molecule has 0 aromatic heterocycles. The second kappa shape index (κ2) is 8.74. The van der Waals surface area contributed by atoms with Crippen molar-refractivity contribution in [2.45, 2.75) is 20.0 Å². The lowest BCUT2D eigenvalue weighted by Crippen LogP contribution is -2.31. The topological polar surface area (TPSA) is 64.6 Å². The zero-order valence-electron chi connectivity index (χ0n) is 13.7. The number of para-hydroxylation sites is 1. The molecule has 2 aromatic rings. The zero-order chi connectivity index (χ0) is 18.4. The van der Waals surface area contributed by atoms with Gasteiger partial charge in [0.15, 0.2) is 12.7 Å². The van der Waals surface area contributed by atoms with Gasteiger partial charge >= 0.3 is 5.97 Å². The van der Waals surface area contributed by atoms with E-state index >= 15 is 0 Å². The van der Waals surface area contributed by atoms with Crippen LogP contribution in [-0.2, 0) is 14.3 Å². The summed E-state index contributed by atoms with van der Waals surface area (Å²) in [5, 5.41) is 3.58. The van der Waals surface area contributed by atoms with Crippen LogP contribution < -0.4 is 10.1 Å². The van der Waals surface area contributed by atoms with E-state index in [1.807, 2.05) is 6.92 Å². The Hall–Kier alpha value is -2.24. The van der Waals surface area contributed by atoms with Gasteiger partial charge in [0.05, 0.1) is 10.7 Å². The average Bonchev–Trinajstić information content (AvgIpc) is 2.56. The summed E-state index contributed by atoms with van der Waals surface area (Å²) in [6.45, 7) is 2.97. The van der Waals surface area contributed by atoms with Crippen LogP contribution in [0.25, 0.3) is 0 Å². The molecule has 0 spiro atoms. The number of hydrogen-bond donors (Lipinski definition) is 1. The molecule has 0 radical (unpaired) electrons. The van der Waals surface area contributed by atoms with Crippen molar-refractivity contribution in [2.24, 2.45) is 0 Å². The van der Waals surface area contributed by atoms with Gasteiger partial charge < -0.3 is 14.8 Å². The summed E-state index contributed by atoms with van der Waals surface area (Å²) in [5.74, 6) is -0.616. The fourth-order valence-electron chi connectivity index (χ4n) is 1.99. The molecule has 0 saturated carbocycles. The van der Waals surface area contributed by atoms with Gasteiger partial charge in [-0.15, -0.1) is 0 Å². The summed E-state index contributed by atoms with van der Waals surface area (Å²) < 4.78 is 10.5. The summed E-state index contributed by atoms with van der Waals surface area (Å²) in [6.07, 6.45) is -0.987. The smallest absolute Gasteiger partial charge is 0.344 e. The zero-order valence-corrected chi connectivity index (χ0v) is 15.2. The number of halogens is 2. The van der Waals surface area contributed by atoms with E-state index in [2.05, 4.69) is 5.32 Å². The van der Waals surface area contributed by atoms with Gasteiger partial charge in [0.2, 0.25) is 0 Å². The highest BCUT2D eigenvalue weighted by atomic mass is 35.5. The molecule has 0 fully saturated rings. The molecule has 7 heteroatoms. The quantitative estimate of drug-likeness (QED) is 0.759. The van der Waals surface area contributed by atoms with Gasteiger partial charge in [-0.05, 0) is 49.7 Å². The van der Waals surface area contributed by atoms with Crippen LogP contribution in [0.5, 0.6) is 5.75 Å². The molecule has 0 aliphatic heterocycles. The number of anilines is 1. The summed E-state index contributed by atoms with van der Waals surface area (Å²) in [5.41, 5.74) is 1.25.